The third-order valence-corrected chi connectivity index (χ3v) is 8.48. The number of amides is 2. The summed E-state index contributed by atoms with van der Waals surface area (Å²) in [6, 6.07) is 22.7. The Morgan fingerprint density at radius 1 is 0.775 bits per heavy atom. The fraction of sp³-hybridized carbons (Fsp3) is 0.394. The minimum absolute atomic E-state index is 0.00241. The summed E-state index contributed by atoms with van der Waals surface area (Å²) < 4.78 is 13.2. The zero-order chi connectivity index (χ0) is 27.6. The molecule has 4 atom stereocenters. The van der Waals surface area contributed by atoms with Gasteiger partial charge in [-0.25, -0.2) is 0 Å². The first kappa shape index (κ1) is 26.8. The zero-order valence-corrected chi connectivity index (χ0v) is 22.9. The Balaban J connectivity index is 1.20. The topological polar surface area (TPSA) is 79.3 Å². The number of hydrogen-bond acceptors (Lipinski definition) is 6. The van der Waals surface area contributed by atoms with Crippen LogP contribution in [0.15, 0.2) is 72.8 Å². The Bertz CT molecular complexity index is 1320. The highest BCUT2D eigenvalue weighted by molar-refractivity contribution is 6.21. The minimum Gasteiger partial charge on any atom is -0.392 e. The molecule has 1 N–H and O–H groups in total. The van der Waals surface area contributed by atoms with Gasteiger partial charge >= 0.3 is 0 Å². The number of aliphatic hydroxyl groups excluding tert-OH is 1. The first-order chi connectivity index (χ1) is 19.5. The van der Waals surface area contributed by atoms with Crippen molar-refractivity contribution in [3.63, 3.8) is 0 Å². The van der Waals surface area contributed by atoms with E-state index in [1.54, 1.807) is 24.3 Å². The average Bonchev–Trinajstić information content (AvgIpc) is 3.24. The minimum atomic E-state index is -0.540. The normalized spacial score (nSPS) is 25.3. The maximum atomic E-state index is 12.8. The molecule has 3 aromatic carbocycles. The van der Waals surface area contributed by atoms with Crippen LogP contribution >= 0.6 is 0 Å². The van der Waals surface area contributed by atoms with Gasteiger partial charge in [0, 0.05) is 18.0 Å². The number of ether oxygens (including phenoxy) is 2. The van der Waals surface area contributed by atoms with Gasteiger partial charge in [0.25, 0.3) is 11.8 Å². The van der Waals surface area contributed by atoms with E-state index >= 15 is 0 Å². The molecule has 2 amide bonds. The predicted octanol–water partition coefficient (Wildman–Crippen LogP) is 5.25. The molecule has 6 rings (SSSR count). The Hall–Kier alpha value is -3.36. The molecule has 3 aromatic rings. The molecule has 2 fully saturated rings. The van der Waals surface area contributed by atoms with Gasteiger partial charge in [-0.3, -0.25) is 14.5 Å². The second-order valence-corrected chi connectivity index (χ2v) is 11.2. The molecule has 7 nitrogen and oxygen atoms in total. The molecule has 2 saturated heterocycles. The maximum absolute atomic E-state index is 12.8. The number of hydrogen-bond donors (Lipinski definition) is 1. The molecule has 0 spiro atoms. The summed E-state index contributed by atoms with van der Waals surface area (Å²) >= 11 is 0. The van der Waals surface area contributed by atoms with Crippen molar-refractivity contribution in [3.8, 4) is 0 Å². The summed E-state index contributed by atoms with van der Waals surface area (Å²) in [5.41, 5.74) is 4.63. The van der Waals surface area contributed by atoms with Crippen LogP contribution in [0.3, 0.4) is 0 Å². The van der Waals surface area contributed by atoms with Crippen molar-refractivity contribution in [3.05, 3.63) is 106 Å². The standard InChI is InChI=1S/C33H36N2O5/c1-22-29(20-34-17-5-2-6-18-34)39-33(40-30(22)25-13-11-24(21-36)12-14-25)26-15-9-23(10-16-26)19-35-31(37)27-7-3-4-8-28(27)32(35)38/h3-4,7-16,22,29-30,33,36H,2,5-6,17-21H2,1H3/t22-,29+,30+,33+/m1/s1. The van der Waals surface area contributed by atoms with E-state index in [-0.39, 0.29) is 43.1 Å². The Morgan fingerprint density at radius 2 is 1.38 bits per heavy atom. The van der Waals surface area contributed by atoms with Gasteiger partial charge in [0.1, 0.15) is 0 Å². The number of nitrogens with zero attached hydrogens (tertiary/aromatic N) is 2. The van der Waals surface area contributed by atoms with Crippen LogP contribution < -0.4 is 0 Å². The highest BCUT2D eigenvalue weighted by atomic mass is 16.7. The van der Waals surface area contributed by atoms with Crippen molar-refractivity contribution in [2.45, 2.75) is 57.8 Å². The number of carbonyl (C=O) groups is 2. The smallest absolute Gasteiger partial charge is 0.261 e. The second kappa shape index (κ2) is 11.6. The number of imide groups is 1. The number of aliphatic hydroxyl groups is 1. The molecule has 3 aliphatic heterocycles. The lowest BCUT2D eigenvalue weighted by Crippen LogP contribution is -2.45. The second-order valence-electron chi connectivity index (χ2n) is 11.2. The lowest BCUT2D eigenvalue weighted by atomic mass is 9.89. The molecule has 0 saturated carbocycles. The van der Waals surface area contributed by atoms with Crippen LogP contribution in [0.4, 0.5) is 0 Å². The number of piperidine rings is 1. The highest BCUT2D eigenvalue weighted by Crippen LogP contribution is 2.42. The highest BCUT2D eigenvalue weighted by Gasteiger charge is 2.39. The molecule has 0 bridgehead atoms. The summed E-state index contributed by atoms with van der Waals surface area (Å²) in [6.07, 6.45) is 3.04. The number of likely N-dealkylation sites (tertiary alicyclic amines) is 1. The van der Waals surface area contributed by atoms with Crippen molar-refractivity contribution >= 4 is 11.8 Å². The molecule has 3 aliphatic rings. The molecule has 7 heteroatoms. The summed E-state index contributed by atoms with van der Waals surface area (Å²) in [5.74, 6) is -0.368. The quantitative estimate of drug-likeness (QED) is 0.413. The summed E-state index contributed by atoms with van der Waals surface area (Å²) in [7, 11) is 0. The molecular formula is C33H36N2O5. The molecule has 0 unspecified atom stereocenters. The lowest BCUT2D eigenvalue weighted by molar-refractivity contribution is -0.276. The molecule has 0 radical (unpaired) electrons. The molecule has 3 heterocycles. The summed E-state index contributed by atoms with van der Waals surface area (Å²) in [6.45, 7) is 5.48. The molecule has 208 valence electrons. The van der Waals surface area contributed by atoms with Gasteiger partial charge in [0.05, 0.1) is 36.5 Å². The first-order valence-electron chi connectivity index (χ1n) is 14.3. The van der Waals surface area contributed by atoms with Gasteiger partial charge in [-0.05, 0) is 54.8 Å². The van der Waals surface area contributed by atoms with E-state index < -0.39 is 6.29 Å². The van der Waals surface area contributed by atoms with Crippen LogP contribution in [0.2, 0.25) is 0 Å². The SMILES string of the molecule is C[C@@H]1[C@H](CN2CCCCC2)O[C@H](c2ccc(CN3C(=O)c4ccccc4C3=O)cc2)O[C@@H]1c1ccc(CO)cc1. The molecule has 40 heavy (non-hydrogen) atoms. The van der Waals surface area contributed by atoms with E-state index in [0.29, 0.717) is 11.1 Å². The van der Waals surface area contributed by atoms with Gasteiger partial charge in [0.15, 0.2) is 6.29 Å². The van der Waals surface area contributed by atoms with Crippen LogP contribution in [0.25, 0.3) is 0 Å². The Labute approximate surface area is 235 Å². The van der Waals surface area contributed by atoms with Crippen molar-refractivity contribution in [1.29, 1.82) is 0 Å². The monoisotopic (exact) mass is 540 g/mol. The summed E-state index contributed by atoms with van der Waals surface area (Å²) in [4.78, 5) is 29.4. The number of carbonyl (C=O) groups excluding carboxylic acids is 2. The average molecular weight is 541 g/mol. The van der Waals surface area contributed by atoms with Crippen LogP contribution in [0.1, 0.15) is 81.5 Å². The van der Waals surface area contributed by atoms with Gasteiger partial charge in [-0.2, -0.15) is 0 Å². The summed E-state index contributed by atoms with van der Waals surface area (Å²) in [5, 5.41) is 9.50. The molecule has 0 aliphatic carbocycles. The van der Waals surface area contributed by atoms with E-state index in [9.17, 15) is 14.7 Å². The van der Waals surface area contributed by atoms with Gasteiger partial charge in [-0.1, -0.05) is 74.0 Å². The first-order valence-corrected chi connectivity index (χ1v) is 14.3. The predicted molar refractivity (Wildman–Crippen MR) is 150 cm³/mol. The lowest BCUT2D eigenvalue weighted by Gasteiger charge is -2.43. The Kier molecular flexibility index (Phi) is 7.80. The van der Waals surface area contributed by atoms with E-state index in [1.807, 2.05) is 48.5 Å². The van der Waals surface area contributed by atoms with E-state index in [1.165, 1.54) is 24.2 Å². The van der Waals surface area contributed by atoms with Crippen LogP contribution in [0.5, 0.6) is 0 Å². The van der Waals surface area contributed by atoms with E-state index in [2.05, 4.69) is 11.8 Å². The number of fused-ring (bicyclic) bond motifs is 1. The van der Waals surface area contributed by atoms with Crippen molar-refractivity contribution in [2.75, 3.05) is 19.6 Å². The maximum Gasteiger partial charge on any atom is 0.261 e. The van der Waals surface area contributed by atoms with E-state index in [4.69, 9.17) is 9.47 Å². The van der Waals surface area contributed by atoms with E-state index in [0.717, 1.165) is 41.9 Å². The Morgan fingerprint density at radius 3 is 2.00 bits per heavy atom. The third kappa shape index (κ3) is 5.34. The van der Waals surface area contributed by atoms with Crippen LogP contribution in [-0.2, 0) is 22.6 Å². The fourth-order valence-corrected chi connectivity index (χ4v) is 6.07. The third-order valence-electron chi connectivity index (χ3n) is 8.48. The zero-order valence-electron chi connectivity index (χ0n) is 22.9. The van der Waals surface area contributed by atoms with Crippen LogP contribution in [-0.4, -0.2) is 52.5 Å². The van der Waals surface area contributed by atoms with Gasteiger partial charge in [0.2, 0.25) is 0 Å². The van der Waals surface area contributed by atoms with Crippen LogP contribution in [0, 0.1) is 5.92 Å². The number of benzene rings is 3. The van der Waals surface area contributed by atoms with Crippen molar-refractivity contribution in [2.24, 2.45) is 5.92 Å². The van der Waals surface area contributed by atoms with Gasteiger partial charge < -0.3 is 19.5 Å². The van der Waals surface area contributed by atoms with Crippen molar-refractivity contribution in [1.82, 2.24) is 9.80 Å². The largest absolute Gasteiger partial charge is 0.392 e. The molecular weight excluding hydrogens is 504 g/mol. The number of rotatable bonds is 7. The fourth-order valence-electron chi connectivity index (χ4n) is 6.07. The van der Waals surface area contributed by atoms with Crippen molar-refractivity contribution < 1.29 is 24.2 Å². The van der Waals surface area contributed by atoms with Gasteiger partial charge in [-0.15, -0.1) is 0 Å². The molecule has 0 aromatic heterocycles.